The van der Waals surface area contributed by atoms with Crippen LogP contribution in [0.3, 0.4) is 0 Å². The zero-order valence-electron chi connectivity index (χ0n) is 12.2. The first kappa shape index (κ1) is 15.9. The number of pyridine rings is 1. The molecule has 0 bridgehead atoms. The molecule has 1 fully saturated rings. The van der Waals surface area contributed by atoms with E-state index in [4.69, 9.17) is 20.9 Å². The maximum atomic E-state index is 6.08. The van der Waals surface area contributed by atoms with Crippen molar-refractivity contribution in [2.24, 2.45) is 0 Å². The van der Waals surface area contributed by atoms with Crippen molar-refractivity contribution >= 4 is 37.4 Å². The Balaban J connectivity index is 2.29. The first-order valence-electron chi connectivity index (χ1n) is 6.54. The van der Waals surface area contributed by atoms with Gasteiger partial charge < -0.3 is 9.31 Å². The standard InChI is InChI=1S/C14H19BClNO2S/c1-13(2)14(3,4)19-15(18-13)11(9-20)8-10-6-5-7-17-12(10)16/h5-8,20H,9H2,1-4H3. The minimum absolute atomic E-state index is 0.363. The van der Waals surface area contributed by atoms with E-state index in [0.29, 0.717) is 10.9 Å². The Morgan fingerprint density at radius 2 is 1.95 bits per heavy atom. The maximum Gasteiger partial charge on any atom is 0.491 e. The van der Waals surface area contributed by atoms with E-state index in [-0.39, 0.29) is 11.2 Å². The average molecular weight is 312 g/mol. The van der Waals surface area contributed by atoms with Crippen LogP contribution in [0.5, 0.6) is 0 Å². The molecule has 2 heterocycles. The molecule has 1 saturated heterocycles. The minimum atomic E-state index is -0.409. The molecule has 1 aromatic heterocycles. The van der Waals surface area contributed by atoms with Crippen molar-refractivity contribution < 1.29 is 9.31 Å². The third-order valence-electron chi connectivity index (χ3n) is 3.87. The van der Waals surface area contributed by atoms with Crippen molar-refractivity contribution in [2.45, 2.75) is 38.9 Å². The summed E-state index contributed by atoms with van der Waals surface area (Å²) in [6.45, 7) is 8.11. The van der Waals surface area contributed by atoms with Gasteiger partial charge in [-0.25, -0.2) is 4.98 Å². The highest BCUT2D eigenvalue weighted by Crippen LogP contribution is 2.39. The summed E-state index contributed by atoms with van der Waals surface area (Å²) in [5, 5.41) is 0.461. The predicted molar refractivity (Wildman–Crippen MR) is 87.2 cm³/mol. The van der Waals surface area contributed by atoms with Gasteiger partial charge >= 0.3 is 7.12 Å². The summed E-state index contributed by atoms with van der Waals surface area (Å²) in [4.78, 5) is 4.06. The van der Waals surface area contributed by atoms with Crippen LogP contribution < -0.4 is 0 Å². The Labute approximate surface area is 131 Å². The van der Waals surface area contributed by atoms with E-state index in [1.807, 2.05) is 45.9 Å². The predicted octanol–water partition coefficient (Wildman–Crippen LogP) is 3.68. The molecule has 0 unspecified atom stereocenters. The van der Waals surface area contributed by atoms with Crippen LogP contribution in [0.2, 0.25) is 5.15 Å². The van der Waals surface area contributed by atoms with Gasteiger partial charge in [0, 0.05) is 17.5 Å². The first-order chi connectivity index (χ1) is 9.27. The van der Waals surface area contributed by atoms with Gasteiger partial charge in [-0.3, -0.25) is 0 Å². The highest BCUT2D eigenvalue weighted by atomic mass is 35.5. The lowest BCUT2D eigenvalue weighted by atomic mass is 9.78. The van der Waals surface area contributed by atoms with Gasteiger partial charge in [0.2, 0.25) is 0 Å². The van der Waals surface area contributed by atoms with E-state index in [1.165, 1.54) is 0 Å². The number of aromatic nitrogens is 1. The molecule has 108 valence electrons. The lowest BCUT2D eigenvalue weighted by molar-refractivity contribution is 0.00578. The lowest BCUT2D eigenvalue weighted by Crippen LogP contribution is -2.41. The fraction of sp³-hybridized carbons (Fsp3) is 0.500. The van der Waals surface area contributed by atoms with E-state index >= 15 is 0 Å². The molecule has 3 nitrogen and oxygen atoms in total. The second-order valence-corrected chi connectivity index (χ2v) is 6.52. The average Bonchev–Trinajstić information content (AvgIpc) is 2.57. The monoisotopic (exact) mass is 311 g/mol. The van der Waals surface area contributed by atoms with Gasteiger partial charge in [-0.1, -0.05) is 23.7 Å². The van der Waals surface area contributed by atoms with E-state index in [0.717, 1.165) is 11.0 Å². The van der Waals surface area contributed by atoms with Crippen molar-refractivity contribution in [3.05, 3.63) is 34.5 Å². The molecule has 20 heavy (non-hydrogen) atoms. The zero-order chi connectivity index (χ0) is 15.0. The fourth-order valence-electron chi connectivity index (χ4n) is 1.89. The van der Waals surface area contributed by atoms with Gasteiger partial charge in [-0.2, -0.15) is 12.6 Å². The largest absolute Gasteiger partial charge is 0.491 e. The third-order valence-corrected chi connectivity index (χ3v) is 4.55. The molecule has 0 radical (unpaired) electrons. The first-order valence-corrected chi connectivity index (χ1v) is 7.55. The molecule has 2 rings (SSSR count). The molecular formula is C14H19BClNO2S. The van der Waals surface area contributed by atoms with Gasteiger partial charge in [-0.05, 0) is 39.2 Å². The minimum Gasteiger partial charge on any atom is -0.400 e. The van der Waals surface area contributed by atoms with Crippen molar-refractivity contribution in [1.82, 2.24) is 4.98 Å². The van der Waals surface area contributed by atoms with Crippen LogP contribution in [-0.4, -0.2) is 29.1 Å². The van der Waals surface area contributed by atoms with Crippen LogP contribution in [0.25, 0.3) is 6.08 Å². The summed E-state index contributed by atoms with van der Waals surface area (Å²) >= 11 is 10.5. The number of thiol groups is 1. The molecule has 0 aliphatic carbocycles. The maximum absolute atomic E-state index is 6.08. The number of rotatable bonds is 3. The molecule has 1 aliphatic rings. The van der Waals surface area contributed by atoms with Crippen molar-refractivity contribution in [3.8, 4) is 0 Å². The fourth-order valence-corrected chi connectivity index (χ4v) is 2.30. The van der Waals surface area contributed by atoms with E-state index in [1.54, 1.807) is 6.20 Å². The Bertz CT molecular complexity index is 518. The summed E-state index contributed by atoms with van der Waals surface area (Å²) in [6, 6.07) is 3.75. The SMILES string of the molecule is CC1(C)OB(C(=Cc2cccnc2Cl)CS)OC1(C)C. The third kappa shape index (κ3) is 3.06. The van der Waals surface area contributed by atoms with Crippen LogP contribution in [0.15, 0.2) is 23.8 Å². The summed E-state index contributed by atoms with van der Waals surface area (Å²) in [5.41, 5.74) is 1.05. The highest BCUT2D eigenvalue weighted by Gasteiger charge is 2.52. The molecule has 6 heteroatoms. The molecule has 0 aromatic carbocycles. The van der Waals surface area contributed by atoms with Gasteiger partial charge in [0.25, 0.3) is 0 Å². The van der Waals surface area contributed by atoms with Crippen LogP contribution in [-0.2, 0) is 9.31 Å². The lowest BCUT2D eigenvalue weighted by Gasteiger charge is -2.32. The van der Waals surface area contributed by atoms with E-state index in [9.17, 15) is 0 Å². The summed E-state index contributed by atoms with van der Waals surface area (Å²) in [6.07, 6.45) is 3.60. The molecule has 0 saturated carbocycles. The number of halogens is 1. The number of nitrogens with zero attached hydrogens (tertiary/aromatic N) is 1. The Morgan fingerprint density at radius 1 is 1.35 bits per heavy atom. The van der Waals surface area contributed by atoms with E-state index < -0.39 is 7.12 Å². The molecule has 0 amide bonds. The van der Waals surface area contributed by atoms with Crippen LogP contribution in [0.4, 0.5) is 0 Å². The van der Waals surface area contributed by atoms with Crippen LogP contribution in [0.1, 0.15) is 33.3 Å². The normalized spacial score (nSPS) is 21.3. The van der Waals surface area contributed by atoms with Crippen LogP contribution in [0, 0.1) is 0 Å². The van der Waals surface area contributed by atoms with Gasteiger partial charge in [-0.15, -0.1) is 0 Å². The molecule has 0 N–H and O–H groups in total. The Morgan fingerprint density at radius 3 is 2.45 bits per heavy atom. The molecule has 1 aliphatic heterocycles. The molecule has 0 spiro atoms. The van der Waals surface area contributed by atoms with Gasteiger partial charge in [0.15, 0.2) is 0 Å². The Kier molecular flexibility index (Phi) is 4.55. The second kappa shape index (κ2) is 5.72. The van der Waals surface area contributed by atoms with Crippen molar-refractivity contribution in [1.29, 1.82) is 0 Å². The van der Waals surface area contributed by atoms with E-state index in [2.05, 4.69) is 17.6 Å². The smallest absolute Gasteiger partial charge is 0.400 e. The summed E-state index contributed by atoms with van der Waals surface area (Å²) in [7, 11) is -0.409. The number of hydrogen-bond donors (Lipinski definition) is 1. The number of hydrogen-bond acceptors (Lipinski definition) is 4. The van der Waals surface area contributed by atoms with Gasteiger partial charge in [0.1, 0.15) is 5.15 Å². The summed E-state index contributed by atoms with van der Waals surface area (Å²) in [5.74, 6) is 0.530. The quantitative estimate of drug-likeness (QED) is 0.525. The highest BCUT2D eigenvalue weighted by molar-refractivity contribution is 7.80. The summed E-state index contributed by atoms with van der Waals surface area (Å²) < 4.78 is 12.1. The second-order valence-electron chi connectivity index (χ2n) is 5.85. The van der Waals surface area contributed by atoms with Crippen molar-refractivity contribution in [3.63, 3.8) is 0 Å². The van der Waals surface area contributed by atoms with Gasteiger partial charge in [0.05, 0.1) is 11.2 Å². The van der Waals surface area contributed by atoms with Crippen LogP contribution >= 0.6 is 24.2 Å². The Hall–Kier alpha value is -0.485. The topological polar surface area (TPSA) is 31.4 Å². The molecular weight excluding hydrogens is 292 g/mol. The zero-order valence-corrected chi connectivity index (χ0v) is 13.8. The molecule has 1 aromatic rings. The van der Waals surface area contributed by atoms with Crippen molar-refractivity contribution in [2.75, 3.05) is 5.75 Å². The molecule has 0 atom stereocenters.